The minimum atomic E-state index is 0.517. The van der Waals surface area contributed by atoms with E-state index in [0.717, 1.165) is 39.3 Å². The summed E-state index contributed by atoms with van der Waals surface area (Å²) in [7, 11) is 0. The maximum absolute atomic E-state index is 5.74. The molecule has 19 heavy (non-hydrogen) atoms. The van der Waals surface area contributed by atoms with Gasteiger partial charge in [-0.2, -0.15) is 0 Å². The molecule has 1 aromatic rings. The smallest absolute Gasteiger partial charge is 0.0237 e. The molecule has 1 aliphatic heterocycles. The Balaban J connectivity index is 1.90. The van der Waals surface area contributed by atoms with Gasteiger partial charge in [-0.05, 0) is 31.9 Å². The van der Waals surface area contributed by atoms with E-state index in [1.807, 2.05) is 0 Å². The zero-order valence-electron chi connectivity index (χ0n) is 12.5. The van der Waals surface area contributed by atoms with Gasteiger partial charge in [0.1, 0.15) is 0 Å². The summed E-state index contributed by atoms with van der Waals surface area (Å²) in [5.41, 5.74) is 9.98. The minimum Gasteiger partial charge on any atom is -0.329 e. The number of nitrogens with zero attached hydrogens (tertiary/aromatic N) is 2. The summed E-state index contributed by atoms with van der Waals surface area (Å²) in [5.74, 6) is 0. The Morgan fingerprint density at radius 1 is 1.16 bits per heavy atom. The summed E-state index contributed by atoms with van der Waals surface area (Å²) in [6, 6.07) is 7.27. The Hall–Kier alpha value is -0.900. The third-order valence-electron chi connectivity index (χ3n) is 4.27. The average molecular weight is 261 g/mol. The second-order valence-electron chi connectivity index (χ2n) is 5.83. The van der Waals surface area contributed by atoms with Crippen molar-refractivity contribution in [2.75, 3.05) is 32.7 Å². The predicted molar refractivity (Wildman–Crippen MR) is 81.3 cm³/mol. The van der Waals surface area contributed by atoms with E-state index in [1.165, 1.54) is 16.7 Å². The molecule has 1 atom stereocenters. The highest BCUT2D eigenvalue weighted by atomic mass is 15.3. The van der Waals surface area contributed by atoms with E-state index in [4.69, 9.17) is 5.73 Å². The van der Waals surface area contributed by atoms with E-state index in [1.54, 1.807) is 0 Å². The Morgan fingerprint density at radius 3 is 2.47 bits per heavy atom. The van der Waals surface area contributed by atoms with Crippen LogP contribution in [-0.2, 0) is 6.54 Å². The highest BCUT2D eigenvalue weighted by Gasteiger charge is 2.20. The fourth-order valence-electron chi connectivity index (χ4n) is 2.72. The van der Waals surface area contributed by atoms with Crippen molar-refractivity contribution in [1.82, 2.24) is 9.80 Å². The van der Waals surface area contributed by atoms with Crippen molar-refractivity contribution in [1.29, 1.82) is 0 Å². The molecule has 0 saturated carbocycles. The molecule has 1 saturated heterocycles. The quantitative estimate of drug-likeness (QED) is 0.896. The van der Waals surface area contributed by atoms with Crippen molar-refractivity contribution < 1.29 is 0 Å². The van der Waals surface area contributed by atoms with Crippen LogP contribution in [0, 0.1) is 13.8 Å². The number of aryl methyl sites for hydroxylation is 2. The van der Waals surface area contributed by atoms with Gasteiger partial charge in [-0.1, -0.05) is 23.8 Å². The van der Waals surface area contributed by atoms with E-state index in [-0.39, 0.29) is 0 Å². The first-order valence-corrected chi connectivity index (χ1v) is 7.32. The highest BCUT2D eigenvalue weighted by Crippen LogP contribution is 2.15. The number of benzene rings is 1. The van der Waals surface area contributed by atoms with Gasteiger partial charge in [0.15, 0.2) is 0 Å². The van der Waals surface area contributed by atoms with E-state index in [2.05, 4.69) is 48.8 Å². The van der Waals surface area contributed by atoms with Gasteiger partial charge in [0.2, 0.25) is 0 Å². The van der Waals surface area contributed by atoms with Gasteiger partial charge >= 0.3 is 0 Å². The molecule has 0 bridgehead atoms. The second-order valence-corrected chi connectivity index (χ2v) is 5.83. The molecule has 1 aliphatic rings. The SMILES string of the molecule is Cc1ccc(C)c(CN2CCN(C(C)CN)CC2)c1. The van der Waals surface area contributed by atoms with Crippen LogP contribution in [0.2, 0.25) is 0 Å². The monoisotopic (exact) mass is 261 g/mol. The van der Waals surface area contributed by atoms with Crippen molar-refractivity contribution in [2.24, 2.45) is 5.73 Å². The maximum Gasteiger partial charge on any atom is 0.0237 e. The lowest BCUT2D eigenvalue weighted by Crippen LogP contribution is -2.51. The fraction of sp³-hybridized carbons (Fsp3) is 0.625. The minimum absolute atomic E-state index is 0.517. The van der Waals surface area contributed by atoms with Crippen LogP contribution in [0.15, 0.2) is 18.2 Å². The van der Waals surface area contributed by atoms with Crippen molar-refractivity contribution >= 4 is 0 Å². The second kappa shape index (κ2) is 6.51. The highest BCUT2D eigenvalue weighted by molar-refractivity contribution is 5.30. The standard InChI is InChI=1S/C16H27N3/c1-13-4-5-14(2)16(10-13)12-18-6-8-19(9-7-18)15(3)11-17/h4-5,10,15H,6-9,11-12,17H2,1-3H3. The average Bonchev–Trinajstić information content (AvgIpc) is 2.43. The molecule has 2 rings (SSSR count). The third kappa shape index (κ3) is 3.78. The van der Waals surface area contributed by atoms with Crippen molar-refractivity contribution in [2.45, 2.75) is 33.4 Å². The molecule has 0 amide bonds. The van der Waals surface area contributed by atoms with E-state index in [0.29, 0.717) is 6.04 Å². The van der Waals surface area contributed by atoms with E-state index < -0.39 is 0 Å². The molecule has 106 valence electrons. The number of rotatable bonds is 4. The normalized spacial score (nSPS) is 19.6. The Bertz CT molecular complexity index is 408. The number of nitrogens with two attached hydrogens (primary N) is 1. The topological polar surface area (TPSA) is 32.5 Å². The van der Waals surface area contributed by atoms with Crippen LogP contribution >= 0.6 is 0 Å². The summed E-state index contributed by atoms with van der Waals surface area (Å²) < 4.78 is 0. The van der Waals surface area contributed by atoms with Crippen molar-refractivity contribution in [3.8, 4) is 0 Å². The van der Waals surface area contributed by atoms with Gasteiger partial charge in [0, 0.05) is 45.3 Å². The predicted octanol–water partition coefficient (Wildman–Crippen LogP) is 1.77. The van der Waals surface area contributed by atoms with Crippen molar-refractivity contribution in [3.05, 3.63) is 34.9 Å². The van der Waals surface area contributed by atoms with Gasteiger partial charge in [0.25, 0.3) is 0 Å². The molecule has 1 unspecified atom stereocenters. The van der Waals surface area contributed by atoms with Crippen LogP contribution in [0.3, 0.4) is 0 Å². The van der Waals surface area contributed by atoms with Crippen LogP contribution in [0.25, 0.3) is 0 Å². The lowest BCUT2D eigenvalue weighted by Gasteiger charge is -2.37. The van der Waals surface area contributed by atoms with Crippen LogP contribution < -0.4 is 5.73 Å². The molecular weight excluding hydrogens is 234 g/mol. The molecule has 1 heterocycles. The zero-order chi connectivity index (χ0) is 13.8. The molecule has 1 aromatic carbocycles. The Morgan fingerprint density at radius 2 is 1.84 bits per heavy atom. The largest absolute Gasteiger partial charge is 0.329 e. The summed E-state index contributed by atoms with van der Waals surface area (Å²) in [6.45, 7) is 13.0. The number of hydrogen-bond acceptors (Lipinski definition) is 3. The fourth-order valence-corrected chi connectivity index (χ4v) is 2.72. The van der Waals surface area contributed by atoms with Gasteiger partial charge in [-0.15, -0.1) is 0 Å². The van der Waals surface area contributed by atoms with Gasteiger partial charge in [0.05, 0.1) is 0 Å². The van der Waals surface area contributed by atoms with Gasteiger partial charge in [-0.3, -0.25) is 9.80 Å². The molecule has 0 aromatic heterocycles. The molecule has 3 heteroatoms. The Labute approximate surface area is 117 Å². The van der Waals surface area contributed by atoms with E-state index >= 15 is 0 Å². The number of hydrogen-bond donors (Lipinski definition) is 1. The van der Waals surface area contributed by atoms with Crippen molar-refractivity contribution in [3.63, 3.8) is 0 Å². The van der Waals surface area contributed by atoms with Crippen LogP contribution in [0.4, 0.5) is 0 Å². The first-order valence-electron chi connectivity index (χ1n) is 7.32. The first-order chi connectivity index (χ1) is 9.10. The molecule has 0 spiro atoms. The third-order valence-corrected chi connectivity index (χ3v) is 4.27. The number of piperazine rings is 1. The summed E-state index contributed by atoms with van der Waals surface area (Å²) in [6.07, 6.45) is 0. The Kier molecular flexibility index (Phi) is 4.97. The molecule has 0 radical (unpaired) electrons. The lowest BCUT2D eigenvalue weighted by atomic mass is 10.0. The summed E-state index contributed by atoms with van der Waals surface area (Å²) in [4.78, 5) is 5.06. The molecule has 1 fully saturated rings. The van der Waals surface area contributed by atoms with Crippen LogP contribution in [0.5, 0.6) is 0 Å². The maximum atomic E-state index is 5.74. The van der Waals surface area contributed by atoms with Crippen LogP contribution in [0.1, 0.15) is 23.6 Å². The molecule has 3 nitrogen and oxygen atoms in total. The van der Waals surface area contributed by atoms with Crippen LogP contribution in [-0.4, -0.2) is 48.6 Å². The molecule has 0 aliphatic carbocycles. The summed E-state index contributed by atoms with van der Waals surface area (Å²) >= 11 is 0. The zero-order valence-corrected chi connectivity index (χ0v) is 12.5. The van der Waals surface area contributed by atoms with Gasteiger partial charge < -0.3 is 5.73 Å². The summed E-state index contributed by atoms with van der Waals surface area (Å²) in [5, 5.41) is 0. The first kappa shape index (κ1) is 14.5. The lowest BCUT2D eigenvalue weighted by molar-refractivity contribution is 0.100. The molecular formula is C16H27N3. The van der Waals surface area contributed by atoms with Gasteiger partial charge in [-0.25, -0.2) is 0 Å². The molecule has 2 N–H and O–H groups in total. The van der Waals surface area contributed by atoms with E-state index in [9.17, 15) is 0 Å².